The summed E-state index contributed by atoms with van der Waals surface area (Å²) in [6.45, 7) is 1.95. The number of benzene rings is 4. The van der Waals surface area contributed by atoms with Gasteiger partial charge in [0.05, 0.1) is 23.3 Å². The van der Waals surface area contributed by atoms with Gasteiger partial charge in [0, 0.05) is 16.3 Å². The number of halogens is 1. The van der Waals surface area contributed by atoms with Crippen LogP contribution in [0, 0.1) is 6.92 Å². The molecular weight excluding hydrogens is 490 g/mol. The van der Waals surface area contributed by atoms with Gasteiger partial charge in [0.15, 0.2) is 0 Å². The summed E-state index contributed by atoms with van der Waals surface area (Å²) < 4.78 is 27.3. The number of nitrogens with zero attached hydrogens (tertiary/aromatic N) is 2. The second-order valence-corrected chi connectivity index (χ2v) is 10.9. The molecule has 5 aromatic rings. The van der Waals surface area contributed by atoms with E-state index in [4.69, 9.17) is 11.6 Å². The van der Waals surface area contributed by atoms with Crippen LogP contribution in [0.1, 0.15) is 5.69 Å². The maximum atomic E-state index is 11.5. The van der Waals surface area contributed by atoms with Crippen LogP contribution in [0.5, 0.6) is 0 Å². The lowest BCUT2D eigenvalue weighted by molar-refractivity contribution is 0.607. The van der Waals surface area contributed by atoms with E-state index in [1.807, 2.05) is 54.1 Å². The Kier molecular flexibility index (Phi) is 6.39. The largest absolute Gasteiger partial charge is 0.284 e. The lowest BCUT2D eigenvalue weighted by Crippen LogP contribution is -2.09. The third-order valence-corrected chi connectivity index (χ3v) is 6.68. The van der Waals surface area contributed by atoms with Gasteiger partial charge in [0.1, 0.15) is 0 Å². The van der Waals surface area contributed by atoms with Gasteiger partial charge in [-0.15, -0.1) is 0 Å². The number of rotatable bonds is 6. The summed E-state index contributed by atoms with van der Waals surface area (Å²) in [6.07, 6.45) is 1.13. The third kappa shape index (κ3) is 5.35. The first-order valence-electron chi connectivity index (χ1n) is 11.4. The van der Waals surface area contributed by atoms with Crippen molar-refractivity contribution >= 4 is 27.3 Å². The molecule has 36 heavy (non-hydrogen) atoms. The molecule has 1 heterocycles. The first-order valence-corrected chi connectivity index (χ1v) is 13.6. The second-order valence-electron chi connectivity index (χ2n) is 8.67. The highest BCUT2D eigenvalue weighted by Crippen LogP contribution is 2.29. The van der Waals surface area contributed by atoms with Crippen molar-refractivity contribution in [1.29, 1.82) is 0 Å². The standard InChI is InChI=1S/C29H24ClN3O2S/c1-20-19-29(33(31-20)28-17-15-27(16-18-28)32-36(2,34)35)25-9-7-23(8-10-25)21-3-5-22(6-4-21)24-11-13-26(30)14-12-24/h3-19,32H,1-2H3. The lowest BCUT2D eigenvalue weighted by atomic mass is 9.99. The summed E-state index contributed by atoms with van der Waals surface area (Å²) in [5.74, 6) is 0. The Labute approximate surface area is 216 Å². The summed E-state index contributed by atoms with van der Waals surface area (Å²) in [6, 6.07) is 33.9. The minimum atomic E-state index is -3.32. The van der Waals surface area contributed by atoms with E-state index < -0.39 is 10.0 Å². The van der Waals surface area contributed by atoms with Crippen LogP contribution < -0.4 is 4.72 Å². The fourth-order valence-electron chi connectivity index (χ4n) is 4.12. The summed E-state index contributed by atoms with van der Waals surface area (Å²) in [5.41, 5.74) is 8.78. The van der Waals surface area contributed by atoms with Gasteiger partial charge < -0.3 is 0 Å². The Hall–Kier alpha value is -3.87. The zero-order valence-corrected chi connectivity index (χ0v) is 21.4. The Morgan fingerprint density at radius 2 is 1.14 bits per heavy atom. The number of hydrogen-bond acceptors (Lipinski definition) is 3. The van der Waals surface area contributed by atoms with Crippen molar-refractivity contribution < 1.29 is 8.42 Å². The summed E-state index contributed by atoms with van der Waals surface area (Å²) in [7, 11) is -3.32. The number of nitrogens with one attached hydrogen (secondary N) is 1. The number of anilines is 1. The normalized spacial score (nSPS) is 11.4. The molecule has 0 amide bonds. The maximum absolute atomic E-state index is 11.5. The van der Waals surface area contributed by atoms with Crippen LogP contribution in [0.25, 0.3) is 39.2 Å². The van der Waals surface area contributed by atoms with Gasteiger partial charge in [0.25, 0.3) is 0 Å². The minimum Gasteiger partial charge on any atom is -0.284 e. The second kappa shape index (κ2) is 9.64. The maximum Gasteiger partial charge on any atom is 0.229 e. The molecule has 0 saturated heterocycles. The van der Waals surface area contributed by atoms with E-state index in [0.29, 0.717) is 5.69 Å². The van der Waals surface area contributed by atoms with Gasteiger partial charge in [-0.2, -0.15) is 5.10 Å². The molecule has 5 nitrogen and oxygen atoms in total. The van der Waals surface area contributed by atoms with E-state index in [-0.39, 0.29) is 0 Å². The van der Waals surface area contributed by atoms with Crippen molar-refractivity contribution in [3.05, 3.63) is 114 Å². The van der Waals surface area contributed by atoms with Crippen LogP contribution in [0.2, 0.25) is 5.02 Å². The topological polar surface area (TPSA) is 64.0 Å². The zero-order valence-electron chi connectivity index (χ0n) is 19.8. The van der Waals surface area contributed by atoms with Gasteiger partial charge in [-0.25, -0.2) is 13.1 Å². The molecule has 0 fully saturated rings. The van der Waals surface area contributed by atoms with Crippen LogP contribution in [0.3, 0.4) is 0 Å². The molecule has 0 aliphatic rings. The number of sulfonamides is 1. The molecule has 0 atom stereocenters. The van der Waals surface area contributed by atoms with Gasteiger partial charge in [-0.05, 0) is 71.6 Å². The van der Waals surface area contributed by atoms with Crippen molar-refractivity contribution in [2.24, 2.45) is 0 Å². The predicted molar refractivity (Wildman–Crippen MR) is 148 cm³/mol. The van der Waals surface area contributed by atoms with Crippen LogP contribution >= 0.6 is 11.6 Å². The Morgan fingerprint density at radius 3 is 1.61 bits per heavy atom. The molecule has 0 saturated carbocycles. The minimum absolute atomic E-state index is 0.512. The Balaban J connectivity index is 1.39. The molecule has 0 spiro atoms. The molecule has 0 unspecified atom stereocenters. The molecular formula is C29H24ClN3O2S. The molecule has 180 valence electrons. The van der Waals surface area contributed by atoms with Crippen LogP contribution in [0.15, 0.2) is 103 Å². The van der Waals surface area contributed by atoms with Gasteiger partial charge >= 0.3 is 0 Å². The van der Waals surface area contributed by atoms with Crippen LogP contribution in [-0.2, 0) is 10.0 Å². The molecule has 1 aromatic heterocycles. The molecule has 0 radical (unpaired) electrons. The Bertz CT molecular complexity index is 1610. The number of hydrogen-bond donors (Lipinski definition) is 1. The fourth-order valence-corrected chi connectivity index (χ4v) is 4.81. The van der Waals surface area contributed by atoms with Gasteiger partial charge in [0.2, 0.25) is 10.0 Å². The fraction of sp³-hybridized carbons (Fsp3) is 0.0690. The van der Waals surface area contributed by atoms with Crippen molar-refractivity contribution in [2.75, 3.05) is 11.0 Å². The van der Waals surface area contributed by atoms with E-state index >= 15 is 0 Å². The lowest BCUT2D eigenvalue weighted by Gasteiger charge is -2.10. The molecule has 0 bridgehead atoms. The Morgan fingerprint density at radius 1 is 0.694 bits per heavy atom. The van der Waals surface area contributed by atoms with Crippen molar-refractivity contribution in [3.63, 3.8) is 0 Å². The zero-order chi connectivity index (χ0) is 25.3. The quantitative estimate of drug-likeness (QED) is 0.261. The molecule has 5 rings (SSSR count). The average Bonchev–Trinajstić information content (AvgIpc) is 3.26. The number of aryl methyl sites for hydroxylation is 1. The van der Waals surface area contributed by atoms with Gasteiger partial charge in [-0.3, -0.25) is 4.72 Å². The van der Waals surface area contributed by atoms with Crippen LogP contribution in [-0.4, -0.2) is 24.5 Å². The molecule has 0 aliphatic heterocycles. The highest BCUT2D eigenvalue weighted by molar-refractivity contribution is 7.92. The van der Waals surface area contributed by atoms with Crippen molar-refractivity contribution in [2.45, 2.75) is 6.92 Å². The highest BCUT2D eigenvalue weighted by Gasteiger charge is 2.11. The van der Waals surface area contributed by atoms with E-state index in [1.54, 1.807) is 12.1 Å². The SMILES string of the molecule is Cc1cc(-c2ccc(-c3ccc(-c4ccc(Cl)cc4)cc3)cc2)n(-c2ccc(NS(C)(=O)=O)cc2)n1. The smallest absolute Gasteiger partial charge is 0.229 e. The average molecular weight is 514 g/mol. The molecule has 1 N–H and O–H groups in total. The predicted octanol–water partition coefficient (Wildman–Crippen LogP) is 7.21. The number of aromatic nitrogens is 2. The van der Waals surface area contributed by atoms with E-state index in [2.05, 4.69) is 58.4 Å². The van der Waals surface area contributed by atoms with E-state index in [1.165, 1.54) is 0 Å². The van der Waals surface area contributed by atoms with E-state index in [0.717, 1.165) is 56.2 Å². The van der Waals surface area contributed by atoms with Crippen molar-refractivity contribution in [1.82, 2.24) is 9.78 Å². The van der Waals surface area contributed by atoms with Crippen LogP contribution in [0.4, 0.5) is 5.69 Å². The monoisotopic (exact) mass is 513 g/mol. The van der Waals surface area contributed by atoms with Crippen molar-refractivity contribution in [3.8, 4) is 39.2 Å². The molecule has 4 aromatic carbocycles. The van der Waals surface area contributed by atoms with Gasteiger partial charge in [-0.1, -0.05) is 72.3 Å². The summed E-state index contributed by atoms with van der Waals surface area (Å²) in [4.78, 5) is 0. The highest BCUT2D eigenvalue weighted by atomic mass is 35.5. The third-order valence-electron chi connectivity index (χ3n) is 5.82. The van der Waals surface area contributed by atoms with E-state index in [9.17, 15) is 8.42 Å². The first kappa shape index (κ1) is 23.9. The molecule has 7 heteroatoms. The summed E-state index contributed by atoms with van der Waals surface area (Å²) >= 11 is 6.01. The summed E-state index contributed by atoms with van der Waals surface area (Å²) in [5, 5.41) is 5.39. The molecule has 0 aliphatic carbocycles. The first-order chi connectivity index (χ1) is 17.2.